The molecule has 2 aromatic rings. The Morgan fingerprint density at radius 3 is 2.19 bits per heavy atom. The number of ether oxygens (including phenoxy) is 1. The molecule has 5 heteroatoms. The fourth-order valence-corrected chi connectivity index (χ4v) is 3.40. The third kappa shape index (κ3) is 4.31. The van der Waals surface area contributed by atoms with Crippen molar-refractivity contribution in [3.05, 3.63) is 62.0 Å². The van der Waals surface area contributed by atoms with E-state index in [1.807, 2.05) is 24.3 Å². The van der Waals surface area contributed by atoms with E-state index < -0.39 is 0 Å². The summed E-state index contributed by atoms with van der Waals surface area (Å²) in [5, 5.41) is 8.78. The first-order chi connectivity index (χ1) is 10.1. The summed E-state index contributed by atoms with van der Waals surface area (Å²) in [5.41, 5.74) is 8.39. The Balaban J connectivity index is 2.10. The van der Waals surface area contributed by atoms with Gasteiger partial charge in [-0.2, -0.15) is 5.26 Å². The van der Waals surface area contributed by atoms with Crippen LogP contribution in [0.15, 0.2) is 45.3 Å². The molecule has 2 N–H and O–H groups in total. The molecule has 0 atom stereocenters. The van der Waals surface area contributed by atoms with E-state index in [1.54, 1.807) is 12.1 Å². The largest absolute Gasteiger partial charge is 0.487 e. The fourth-order valence-electron chi connectivity index (χ4n) is 1.89. The van der Waals surface area contributed by atoms with E-state index in [0.29, 0.717) is 18.7 Å². The number of hydrogen-bond donors (Lipinski definition) is 1. The van der Waals surface area contributed by atoms with Crippen LogP contribution in [-0.4, -0.2) is 6.54 Å². The van der Waals surface area contributed by atoms with Crippen LogP contribution in [-0.2, 0) is 13.0 Å². The van der Waals surface area contributed by atoms with Crippen LogP contribution in [0.3, 0.4) is 0 Å². The minimum atomic E-state index is 0.444. The molecule has 0 amide bonds. The zero-order chi connectivity index (χ0) is 15.2. The first-order valence-electron chi connectivity index (χ1n) is 6.44. The van der Waals surface area contributed by atoms with Crippen LogP contribution in [0.25, 0.3) is 0 Å². The molecule has 0 spiro atoms. The number of rotatable bonds is 5. The lowest BCUT2D eigenvalue weighted by atomic mass is 10.1. The minimum absolute atomic E-state index is 0.444. The number of nitriles is 1. The molecule has 0 bridgehead atoms. The first-order valence-corrected chi connectivity index (χ1v) is 8.02. The molecular formula is C16H14Br2N2O. The Kier molecular flexibility index (Phi) is 5.80. The lowest BCUT2D eigenvalue weighted by Gasteiger charge is -2.12. The van der Waals surface area contributed by atoms with Gasteiger partial charge in [-0.25, -0.2) is 0 Å². The summed E-state index contributed by atoms with van der Waals surface area (Å²) >= 11 is 7.05. The van der Waals surface area contributed by atoms with Crippen LogP contribution in [0, 0.1) is 11.3 Å². The maximum Gasteiger partial charge on any atom is 0.148 e. The van der Waals surface area contributed by atoms with Crippen molar-refractivity contribution >= 4 is 31.9 Å². The van der Waals surface area contributed by atoms with Crippen LogP contribution in [0.1, 0.15) is 16.7 Å². The molecule has 2 aromatic carbocycles. The van der Waals surface area contributed by atoms with Gasteiger partial charge in [0.1, 0.15) is 12.4 Å². The Bertz CT molecular complexity index is 640. The van der Waals surface area contributed by atoms with Crippen molar-refractivity contribution in [2.24, 2.45) is 5.73 Å². The van der Waals surface area contributed by atoms with Crippen LogP contribution < -0.4 is 10.5 Å². The Labute approximate surface area is 141 Å². The second-order valence-electron chi connectivity index (χ2n) is 4.52. The van der Waals surface area contributed by atoms with Gasteiger partial charge in [0, 0.05) is 0 Å². The van der Waals surface area contributed by atoms with Crippen LogP contribution in [0.5, 0.6) is 5.75 Å². The molecule has 0 heterocycles. The average Bonchev–Trinajstić information content (AvgIpc) is 2.47. The summed E-state index contributed by atoms with van der Waals surface area (Å²) in [7, 11) is 0. The van der Waals surface area contributed by atoms with Gasteiger partial charge < -0.3 is 10.5 Å². The van der Waals surface area contributed by atoms with Gasteiger partial charge in [0.2, 0.25) is 0 Å². The van der Waals surface area contributed by atoms with Crippen molar-refractivity contribution in [3.8, 4) is 11.8 Å². The van der Waals surface area contributed by atoms with E-state index in [-0.39, 0.29) is 0 Å². The molecule has 21 heavy (non-hydrogen) atoms. The Hall–Kier alpha value is -1.35. The summed E-state index contributed by atoms with van der Waals surface area (Å²) in [6.07, 6.45) is 0.826. The standard InChI is InChI=1S/C16H14Br2N2O/c17-14-7-13(5-6-19)8-15(18)16(14)21-10-12-3-1-11(9-20)2-4-12/h1-4,7-8H,5-6,10,19H2. The van der Waals surface area contributed by atoms with Crippen molar-refractivity contribution in [2.75, 3.05) is 6.54 Å². The van der Waals surface area contributed by atoms with Crippen LogP contribution in [0.2, 0.25) is 0 Å². The maximum absolute atomic E-state index is 8.78. The molecule has 0 aliphatic heterocycles. The summed E-state index contributed by atoms with van der Waals surface area (Å²) in [5.74, 6) is 0.764. The van der Waals surface area contributed by atoms with Gasteiger partial charge in [0.15, 0.2) is 0 Å². The predicted octanol–water partition coefficient (Wildman–Crippen LogP) is 4.16. The molecule has 0 aromatic heterocycles. The van der Waals surface area contributed by atoms with Gasteiger partial charge in [-0.15, -0.1) is 0 Å². The molecule has 0 unspecified atom stereocenters. The molecule has 0 aliphatic carbocycles. The minimum Gasteiger partial charge on any atom is -0.487 e. The number of nitrogens with zero attached hydrogens (tertiary/aromatic N) is 1. The van der Waals surface area contributed by atoms with Crippen molar-refractivity contribution < 1.29 is 4.74 Å². The summed E-state index contributed by atoms with van der Waals surface area (Å²) < 4.78 is 7.65. The second kappa shape index (κ2) is 7.60. The summed E-state index contributed by atoms with van der Waals surface area (Å²) in [6.45, 7) is 1.06. The van der Waals surface area contributed by atoms with Gasteiger partial charge in [0.25, 0.3) is 0 Å². The number of halogens is 2. The van der Waals surface area contributed by atoms with E-state index in [4.69, 9.17) is 15.7 Å². The molecule has 0 aliphatic rings. The SMILES string of the molecule is N#Cc1ccc(COc2c(Br)cc(CCN)cc2Br)cc1. The van der Waals surface area contributed by atoms with E-state index in [2.05, 4.69) is 37.9 Å². The molecule has 0 saturated carbocycles. The highest BCUT2D eigenvalue weighted by Crippen LogP contribution is 2.35. The number of benzene rings is 2. The monoisotopic (exact) mass is 408 g/mol. The molecule has 0 saturated heterocycles. The quantitative estimate of drug-likeness (QED) is 0.806. The van der Waals surface area contributed by atoms with Crippen molar-refractivity contribution in [3.63, 3.8) is 0 Å². The zero-order valence-electron chi connectivity index (χ0n) is 11.3. The third-order valence-corrected chi connectivity index (χ3v) is 4.14. The average molecular weight is 410 g/mol. The van der Waals surface area contributed by atoms with Crippen molar-refractivity contribution in [1.29, 1.82) is 5.26 Å². The van der Waals surface area contributed by atoms with Crippen LogP contribution >= 0.6 is 31.9 Å². The number of hydrogen-bond acceptors (Lipinski definition) is 3. The second-order valence-corrected chi connectivity index (χ2v) is 6.23. The van der Waals surface area contributed by atoms with Gasteiger partial charge >= 0.3 is 0 Å². The topological polar surface area (TPSA) is 59.0 Å². The lowest BCUT2D eigenvalue weighted by molar-refractivity contribution is 0.302. The van der Waals surface area contributed by atoms with E-state index >= 15 is 0 Å². The lowest BCUT2D eigenvalue weighted by Crippen LogP contribution is -2.03. The summed E-state index contributed by atoms with van der Waals surface area (Å²) in [6, 6.07) is 13.5. The maximum atomic E-state index is 8.78. The van der Waals surface area contributed by atoms with Gasteiger partial charge in [-0.1, -0.05) is 12.1 Å². The molecular weight excluding hydrogens is 396 g/mol. The fraction of sp³-hybridized carbons (Fsp3) is 0.188. The Morgan fingerprint density at radius 2 is 1.67 bits per heavy atom. The molecule has 0 radical (unpaired) electrons. The highest BCUT2D eigenvalue weighted by atomic mass is 79.9. The molecule has 108 valence electrons. The van der Waals surface area contributed by atoms with Gasteiger partial charge in [-0.05, 0) is 80.2 Å². The van der Waals surface area contributed by atoms with E-state index in [1.165, 1.54) is 0 Å². The van der Waals surface area contributed by atoms with E-state index in [9.17, 15) is 0 Å². The normalized spacial score (nSPS) is 10.2. The Morgan fingerprint density at radius 1 is 1.05 bits per heavy atom. The van der Waals surface area contributed by atoms with Crippen LogP contribution in [0.4, 0.5) is 0 Å². The third-order valence-electron chi connectivity index (χ3n) is 2.96. The zero-order valence-corrected chi connectivity index (χ0v) is 14.4. The molecule has 2 rings (SSSR count). The van der Waals surface area contributed by atoms with Crippen molar-refractivity contribution in [2.45, 2.75) is 13.0 Å². The number of nitrogens with two attached hydrogens (primary N) is 1. The van der Waals surface area contributed by atoms with E-state index in [0.717, 1.165) is 32.2 Å². The molecule has 0 fully saturated rings. The smallest absolute Gasteiger partial charge is 0.148 e. The first kappa shape index (κ1) is 16.0. The van der Waals surface area contributed by atoms with Crippen molar-refractivity contribution in [1.82, 2.24) is 0 Å². The molecule has 3 nitrogen and oxygen atoms in total. The van der Waals surface area contributed by atoms with Gasteiger partial charge in [-0.3, -0.25) is 0 Å². The summed E-state index contributed by atoms with van der Waals surface area (Å²) in [4.78, 5) is 0. The highest BCUT2D eigenvalue weighted by molar-refractivity contribution is 9.11. The van der Waals surface area contributed by atoms with Gasteiger partial charge in [0.05, 0.1) is 20.6 Å². The predicted molar refractivity (Wildman–Crippen MR) is 90.1 cm³/mol. The highest BCUT2D eigenvalue weighted by Gasteiger charge is 2.09.